The van der Waals surface area contributed by atoms with Crippen LogP contribution in [-0.4, -0.2) is 17.3 Å². The standard InChI is InChI=1S/C13H26BrNO/c1-11(2)7-6-8-12(3)15-13(16)9-4-5-10-14/h11-12H,4-10H2,1-3H3,(H,15,16). The van der Waals surface area contributed by atoms with Crippen molar-refractivity contribution >= 4 is 21.8 Å². The first-order valence-electron chi connectivity index (χ1n) is 6.41. The minimum atomic E-state index is 0.206. The summed E-state index contributed by atoms with van der Waals surface area (Å²) in [6, 6.07) is 0.329. The van der Waals surface area contributed by atoms with E-state index in [9.17, 15) is 4.79 Å². The predicted molar refractivity (Wildman–Crippen MR) is 73.9 cm³/mol. The van der Waals surface area contributed by atoms with Gasteiger partial charge in [-0.05, 0) is 32.1 Å². The fourth-order valence-corrected chi connectivity index (χ4v) is 2.03. The Hall–Kier alpha value is -0.0500. The van der Waals surface area contributed by atoms with Gasteiger partial charge in [0.2, 0.25) is 5.91 Å². The molecule has 0 aromatic carbocycles. The minimum absolute atomic E-state index is 0.206. The van der Waals surface area contributed by atoms with Crippen LogP contribution in [0.5, 0.6) is 0 Å². The van der Waals surface area contributed by atoms with E-state index < -0.39 is 0 Å². The maximum Gasteiger partial charge on any atom is 0.220 e. The van der Waals surface area contributed by atoms with Crippen molar-refractivity contribution in [2.45, 2.75) is 65.3 Å². The van der Waals surface area contributed by atoms with Crippen LogP contribution in [0.4, 0.5) is 0 Å². The Labute approximate surface area is 109 Å². The predicted octanol–water partition coefficient (Wildman–Crippen LogP) is 3.88. The second-order valence-corrected chi connectivity index (χ2v) is 5.73. The monoisotopic (exact) mass is 291 g/mol. The highest BCUT2D eigenvalue weighted by Crippen LogP contribution is 2.08. The first-order chi connectivity index (χ1) is 7.56. The molecule has 0 saturated heterocycles. The lowest BCUT2D eigenvalue weighted by Gasteiger charge is -2.14. The maximum atomic E-state index is 11.5. The SMILES string of the molecule is CC(C)CCCC(C)NC(=O)CCCCBr. The fourth-order valence-electron chi connectivity index (χ4n) is 1.63. The Morgan fingerprint density at radius 3 is 2.38 bits per heavy atom. The summed E-state index contributed by atoms with van der Waals surface area (Å²) in [6.45, 7) is 6.58. The molecule has 0 aliphatic carbocycles. The number of hydrogen-bond donors (Lipinski definition) is 1. The number of carbonyl (C=O) groups is 1. The van der Waals surface area contributed by atoms with E-state index in [0.29, 0.717) is 12.5 Å². The highest BCUT2D eigenvalue weighted by molar-refractivity contribution is 9.09. The molecular weight excluding hydrogens is 266 g/mol. The van der Waals surface area contributed by atoms with E-state index in [1.54, 1.807) is 0 Å². The van der Waals surface area contributed by atoms with Gasteiger partial charge in [-0.1, -0.05) is 42.6 Å². The summed E-state index contributed by atoms with van der Waals surface area (Å²) in [5, 5.41) is 4.05. The Morgan fingerprint density at radius 2 is 1.81 bits per heavy atom. The lowest BCUT2D eigenvalue weighted by atomic mass is 10.0. The molecular formula is C13H26BrNO. The van der Waals surface area contributed by atoms with Crippen molar-refractivity contribution < 1.29 is 4.79 Å². The molecule has 0 radical (unpaired) electrons. The number of halogens is 1. The molecule has 0 aliphatic rings. The van der Waals surface area contributed by atoms with Gasteiger partial charge in [-0.25, -0.2) is 0 Å². The van der Waals surface area contributed by atoms with Gasteiger partial charge in [0.1, 0.15) is 0 Å². The van der Waals surface area contributed by atoms with Crippen molar-refractivity contribution in [3.63, 3.8) is 0 Å². The summed E-state index contributed by atoms with van der Waals surface area (Å²) in [7, 11) is 0. The van der Waals surface area contributed by atoms with Gasteiger partial charge in [0.25, 0.3) is 0 Å². The van der Waals surface area contributed by atoms with E-state index >= 15 is 0 Å². The highest BCUT2D eigenvalue weighted by atomic mass is 79.9. The van der Waals surface area contributed by atoms with Gasteiger partial charge in [-0.2, -0.15) is 0 Å². The molecule has 0 heterocycles. The molecule has 0 rings (SSSR count). The van der Waals surface area contributed by atoms with E-state index in [-0.39, 0.29) is 5.91 Å². The van der Waals surface area contributed by atoms with Crippen molar-refractivity contribution in [3.8, 4) is 0 Å². The first kappa shape index (κ1) is 16.0. The van der Waals surface area contributed by atoms with Crippen molar-refractivity contribution in [3.05, 3.63) is 0 Å². The number of amides is 1. The molecule has 3 heteroatoms. The molecule has 1 unspecified atom stereocenters. The van der Waals surface area contributed by atoms with Gasteiger partial charge >= 0.3 is 0 Å². The van der Waals surface area contributed by atoms with E-state index in [4.69, 9.17) is 0 Å². The largest absolute Gasteiger partial charge is 0.354 e. The Balaban J connectivity index is 3.46. The van der Waals surface area contributed by atoms with Crippen LogP contribution in [0.2, 0.25) is 0 Å². The molecule has 2 nitrogen and oxygen atoms in total. The lowest BCUT2D eigenvalue weighted by Crippen LogP contribution is -2.32. The van der Waals surface area contributed by atoms with Crippen LogP contribution >= 0.6 is 15.9 Å². The van der Waals surface area contributed by atoms with E-state index in [0.717, 1.165) is 30.5 Å². The number of unbranched alkanes of at least 4 members (excludes halogenated alkanes) is 1. The zero-order valence-corrected chi connectivity index (χ0v) is 12.5. The highest BCUT2D eigenvalue weighted by Gasteiger charge is 2.07. The molecule has 0 aromatic rings. The molecule has 0 saturated carbocycles. The topological polar surface area (TPSA) is 29.1 Å². The van der Waals surface area contributed by atoms with Crippen LogP contribution in [0, 0.1) is 5.92 Å². The van der Waals surface area contributed by atoms with Crippen molar-refractivity contribution in [1.29, 1.82) is 0 Å². The summed E-state index contributed by atoms with van der Waals surface area (Å²) in [5.41, 5.74) is 0. The molecule has 0 bridgehead atoms. The van der Waals surface area contributed by atoms with E-state index in [1.165, 1.54) is 12.8 Å². The van der Waals surface area contributed by atoms with Crippen molar-refractivity contribution in [2.24, 2.45) is 5.92 Å². The average molecular weight is 292 g/mol. The van der Waals surface area contributed by atoms with Gasteiger partial charge in [-0.15, -0.1) is 0 Å². The maximum absolute atomic E-state index is 11.5. The summed E-state index contributed by atoms with van der Waals surface area (Å²) >= 11 is 3.37. The molecule has 1 amide bonds. The summed E-state index contributed by atoms with van der Waals surface area (Å²) in [6.07, 6.45) is 6.29. The number of rotatable bonds is 9. The molecule has 96 valence electrons. The smallest absolute Gasteiger partial charge is 0.220 e. The molecule has 0 aromatic heterocycles. The second kappa shape index (κ2) is 10.1. The summed E-state index contributed by atoms with van der Waals surface area (Å²) < 4.78 is 0. The van der Waals surface area contributed by atoms with Gasteiger partial charge < -0.3 is 5.32 Å². The summed E-state index contributed by atoms with van der Waals surface area (Å²) in [5.74, 6) is 0.972. The number of nitrogens with one attached hydrogen (secondary N) is 1. The quantitative estimate of drug-likeness (QED) is 0.507. The van der Waals surface area contributed by atoms with Crippen LogP contribution < -0.4 is 5.32 Å². The Kier molecular flexibility index (Phi) is 10.1. The summed E-state index contributed by atoms with van der Waals surface area (Å²) in [4.78, 5) is 11.5. The normalized spacial score (nSPS) is 12.8. The third kappa shape index (κ3) is 10.5. The van der Waals surface area contributed by atoms with Crippen LogP contribution in [-0.2, 0) is 4.79 Å². The first-order valence-corrected chi connectivity index (χ1v) is 7.53. The number of alkyl halides is 1. The zero-order chi connectivity index (χ0) is 12.4. The molecule has 1 N–H and O–H groups in total. The fraction of sp³-hybridized carbons (Fsp3) is 0.923. The van der Waals surface area contributed by atoms with Gasteiger partial charge in [0.15, 0.2) is 0 Å². The van der Waals surface area contributed by atoms with Crippen LogP contribution in [0.3, 0.4) is 0 Å². The lowest BCUT2D eigenvalue weighted by molar-refractivity contribution is -0.121. The number of carbonyl (C=O) groups excluding carboxylic acids is 1. The third-order valence-electron chi connectivity index (χ3n) is 2.61. The Morgan fingerprint density at radius 1 is 1.12 bits per heavy atom. The molecule has 0 spiro atoms. The van der Waals surface area contributed by atoms with Crippen LogP contribution in [0.25, 0.3) is 0 Å². The third-order valence-corrected chi connectivity index (χ3v) is 3.17. The molecule has 16 heavy (non-hydrogen) atoms. The van der Waals surface area contributed by atoms with Crippen molar-refractivity contribution in [1.82, 2.24) is 5.32 Å². The Bertz CT molecular complexity index is 183. The van der Waals surface area contributed by atoms with Crippen LogP contribution in [0.1, 0.15) is 59.3 Å². The second-order valence-electron chi connectivity index (χ2n) is 4.94. The van der Waals surface area contributed by atoms with Gasteiger partial charge in [0.05, 0.1) is 0 Å². The van der Waals surface area contributed by atoms with Crippen molar-refractivity contribution in [2.75, 3.05) is 5.33 Å². The molecule has 0 aliphatic heterocycles. The van der Waals surface area contributed by atoms with Gasteiger partial charge in [-0.3, -0.25) is 4.79 Å². The number of hydrogen-bond acceptors (Lipinski definition) is 1. The van der Waals surface area contributed by atoms with E-state index in [1.807, 2.05) is 0 Å². The van der Waals surface area contributed by atoms with Gasteiger partial charge in [0, 0.05) is 17.8 Å². The average Bonchev–Trinajstić information content (AvgIpc) is 2.17. The van der Waals surface area contributed by atoms with Crippen LogP contribution in [0.15, 0.2) is 0 Å². The molecule has 0 fully saturated rings. The van der Waals surface area contributed by atoms with E-state index in [2.05, 4.69) is 42.0 Å². The zero-order valence-electron chi connectivity index (χ0n) is 10.9. The molecule has 1 atom stereocenters. The minimum Gasteiger partial charge on any atom is -0.354 e.